The van der Waals surface area contributed by atoms with Crippen molar-refractivity contribution in [1.82, 2.24) is 14.9 Å². The van der Waals surface area contributed by atoms with E-state index in [0.717, 1.165) is 44.0 Å². The van der Waals surface area contributed by atoms with E-state index >= 15 is 0 Å². The molecule has 0 radical (unpaired) electrons. The number of aromatic nitrogens is 2. The zero-order valence-corrected chi connectivity index (χ0v) is 11.1. The summed E-state index contributed by atoms with van der Waals surface area (Å²) < 4.78 is 0. The molecule has 3 N–H and O–H groups in total. The minimum Gasteiger partial charge on any atom is -0.393 e. The normalized spacial score (nSPS) is 19.9. The number of aliphatic hydroxyl groups is 1. The summed E-state index contributed by atoms with van der Waals surface area (Å²) in [6, 6.07) is 1.78. The van der Waals surface area contributed by atoms with Gasteiger partial charge in [0.1, 0.15) is 11.6 Å². The summed E-state index contributed by atoms with van der Waals surface area (Å²) in [6.45, 7) is 6.55. The molecule has 2 rings (SSSR count). The first-order valence-electron chi connectivity index (χ1n) is 6.55. The molecule has 0 aliphatic carbocycles. The molecular weight excluding hydrogens is 228 g/mol. The second kappa shape index (κ2) is 5.63. The Morgan fingerprint density at radius 3 is 2.67 bits per heavy atom. The molecule has 0 saturated carbocycles. The van der Waals surface area contributed by atoms with Gasteiger partial charge in [-0.2, -0.15) is 0 Å². The number of likely N-dealkylation sites (tertiary alicyclic amines) is 1. The number of anilines is 1. The molecule has 100 valence electrons. The number of aryl methyl sites for hydroxylation is 1. The van der Waals surface area contributed by atoms with Gasteiger partial charge in [0, 0.05) is 11.8 Å². The maximum Gasteiger partial charge on any atom is 0.144 e. The molecule has 0 spiro atoms. The van der Waals surface area contributed by atoms with Crippen LogP contribution in [0, 0.1) is 12.8 Å². The standard InChI is InChI=1S/C13H22N4O/c1-9-7-12(14)16-13(15-9)8-17-5-3-11(4-6-17)10(2)18/h7,10-11,18H,3-6,8H2,1-2H3,(H2,14,15,16). The van der Waals surface area contributed by atoms with Crippen LogP contribution in [0.15, 0.2) is 6.07 Å². The molecule has 1 aromatic rings. The maximum atomic E-state index is 9.57. The van der Waals surface area contributed by atoms with Crippen molar-refractivity contribution in [3.63, 3.8) is 0 Å². The predicted octanol–water partition coefficient (Wildman–Crippen LogP) is 0.960. The van der Waals surface area contributed by atoms with Crippen molar-refractivity contribution in [3.05, 3.63) is 17.6 Å². The smallest absolute Gasteiger partial charge is 0.144 e. The first-order valence-corrected chi connectivity index (χ1v) is 6.55. The molecule has 5 nitrogen and oxygen atoms in total. The first-order chi connectivity index (χ1) is 8.54. The zero-order chi connectivity index (χ0) is 13.1. The summed E-state index contributed by atoms with van der Waals surface area (Å²) >= 11 is 0. The predicted molar refractivity (Wildman–Crippen MR) is 70.9 cm³/mol. The number of nitrogens with zero attached hydrogens (tertiary/aromatic N) is 3. The van der Waals surface area contributed by atoms with Crippen molar-refractivity contribution in [1.29, 1.82) is 0 Å². The lowest BCUT2D eigenvalue weighted by Gasteiger charge is -2.32. The summed E-state index contributed by atoms with van der Waals surface area (Å²) in [5.74, 6) is 1.77. The number of nitrogen functional groups attached to an aromatic ring is 1. The van der Waals surface area contributed by atoms with Crippen LogP contribution in [0.5, 0.6) is 0 Å². The largest absolute Gasteiger partial charge is 0.393 e. The highest BCUT2D eigenvalue weighted by molar-refractivity contribution is 5.29. The van der Waals surface area contributed by atoms with E-state index in [2.05, 4.69) is 14.9 Å². The molecule has 1 unspecified atom stereocenters. The molecule has 5 heteroatoms. The van der Waals surface area contributed by atoms with Crippen LogP contribution in [0.3, 0.4) is 0 Å². The Morgan fingerprint density at radius 1 is 1.44 bits per heavy atom. The minimum atomic E-state index is -0.196. The second-order valence-corrected chi connectivity index (χ2v) is 5.20. The topological polar surface area (TPSA) is 75.3 Å². The number of rotatable bonds is 3. The molecule has 18 heavy (non-hydrogen) atoms. The van der Waals surface area contributed by atoms with E-state index < -0.39 is 0 Å². The van der Waals surface area contributed by atoms with Crippen LogP contribution >= 0.6 is 0 Å². The Balaban J connectivity index is 1.91. The average molecular weight is 250 g/mol. The summed E-state index contributed by atoms with van der Waals surface area (Å²) in [7, 11) is 0. The van der Waals surface area contributed by atoms with Crippen molar-refractivity contribution in [2.75, 3.05) is 18.8 Å². The fourth-order valence-electron chi connectivity index (χ4n) is 2.52. The van der Waals surface area contributed by atoms with E-state index in [9.17, 15) is 5.11 Å². The van der Waals surface area contributed by atoms with Gasteiger partial charge in [0.05, 0.1) is 12.6 Å². The number of nitrogens with two attached hydrogens (primary N) is 1. The fraction of sp³-hybridized carbons (Fsp3) is 0.692. The quantitative estimate of drug-likeness (QED) is 0.835. The van der Waals surface area contributed by atoms with Crippen LogP contribution in [0.25, 0.3) is 0 Å². The second-order valence-electron chi connectivity index (χ2n) is 5.20. The molecule has 1 aromatic heterocycles. The highest BCUT2D eigenvalue weighted by Gasteiger charge is 2.23. The molecular formula is C13H22N4O. The van der Waals surface area contributed by atoms with E-state index in [-0.39, 0.29) is 6.10 Å². The van der Waals surface area contributed by atoms with Crippen molar-refractivity contribution in [2.24, 2.45) is 5.92 Å². The van der Waals surface area contributed by atoms with Gasteiger partial charge in [-0.1, -0.05) is 0 Å². The van der Waals surface area contributed by atoms with Gasteiger partial charge in [0.25, 0.3) is 0 Å². The molecule has 1 aliphatic rings. The first kappa shape index (κ1) is 13.2. The molecule has 2 heterocycles. The number of aliphatic hydroxyl groups excluding tert-OH is 1. The summed E-state index contributed by atoms with van der Waals surface area (Å²) in [5, 5.41) is 9.57. The third-order valence-corrected chi connectivity index (χ3v) is 3.60. The molecule has 1 atom stereocenters. The van der Waals surface area contributed by atoms with Crippen LogP contribution in [-0.2, 0) is 6.54 Å². The van der Waals surface area contributed by atoms with Crippen molar-refractivity contribution in [2.45, 2.75) is 39.3 Å². The lowest BCUT2D eigenvalue weighted by atomic mass is 9.92. The van der Waals surface area contributed by atoms with Crippen LogP contribution in [-0.4, -0.2) is 39.2 Å². The zero-order valence-electron chi connectivity index (χ0n) is 11.1. The van der Waals surface area contributed by atoms with Crippen molar-refractivity contribution >= 4 is 5.82 Å². The minimum absolute atomic E-state index is 0.196. The Hall–Kier alpha value is -1.20. The monoisotopic (exact) mass is 250 g/mol. The summed E-state index contributed by atoms with van der Waals surface area (Å²) in [4.78, 5) is 11.0. The molecule has 1 fully saturated rings. The van der Waals surface area contributed by atoms with E-state index in [4.69, 9.17) is 5.73 Å². The average Bonchev–Trinajstić information content (AvgIpc) is 2.28. The fourth-order valence-corrected chi connectivity index (χ4v) is 2.52. The lowest BCUT2D eigenvalue weighted by molar-refractivity contribution is 0.0687. The van der Waals surface area contributed by atoms with Gasteiger partial charge in [0.2, 0.25) is 0 Å². The van der Waals surface area contributed by atoms with Crippen LogP contribution in [0.2, 0.25) is 0 Å². The highest BCUT2D eigenvalue weighted by atomic mass is 16.3. The van der Waals surface area contributed by atoms with Crippen LogP contribution in [0.1, 0.15) is 31.3 Å². The Kier molecular flexibility index (Phi) is 4.14. The summed E-state index contributed by atoms with van der Waals surface area (Å²) in [6.07, 6.45) is 1.88. The molecule has 0 bridgehead atoms. The van der Waals surface area contributed by atoms with Gasteiger partial charge in [-0.15, -0.1) is 0 Å². The number of piperidine rings is 1. The van der Waals surface area contributed by atoms with Gasteiger partial charge in [0.15, 0.2) is 0 Å². The maximum absolute atomic E-state index is 9.57. The molecule has 1 saturated heterocycles. The SMILES string of the molecule is Cc1cc(N)nc(CN2CCC(C(C)O)CC2)n1. The third-order valence-electron chi connectivity index (χ3n) is 3.60. The lowest BCUT2D eigenvalue weighted by Crippen LogP contribution is -2.37. The third kappa shape index (κ3) is 3.40. The molecule has 0 aromatic carbocycles. The van der Waals surface area contributed by atoms with Gasteiger partial charge >= 0.3 is 0 Å². The van der Waals surface area contributed by atoms with Crippen LogP contribution < -0.4 is 5.73 Å². The Labute approximate surface area is 108 Å². The van der Waals surface area contributed by atoms with Crippen LogP contribution in [0.4, 0.5) is 5.82 Å². The van der Waals surface area contributed by atoms with Gasteiger partial charge in [-0.25, -0.2) is 9.97 Å². The highest BCUT2D eigenvalue weighted by Crippen LogP contribution is 2.21. The Bertz CT molecular complexity index is 380. The van der Waals surface area contributed by atoms with E-state index in [1.165, 1.54) is 0 Å². The van der Waals surface area contributed by atoms with Gasteiger partial charge in [-0.05, 0) is 45.7 Å². The number of hydrogen-bond acceptors (Lipinski definition) is 5. The van der Waals surface area contributed by atoms with E-state index in [1.807, 2.05) is 13.8 Å². The molecule has 1 aliphatic heterocycles. The summed E-state index contributed by atoms with van der Waals surface area (Å²) in [5.41, 5.74) is 6.64. The van der Waals surface area contributed by atoms with Gasteiger partial charge < -0.3 is 10.8 Å². The Morgan fingerprint density at radius 2 is 2.11 bits per heavy atom. The van der Waals surface area contributed by atoms with Crippen molar-refractivity contribution in [3.8, 4) is 0 Å². The molecule has 0 amide bonds. The van der Waals surface area contributed by atoms with E-state index in [0.29, 0.717) is 11.7 Å². The van der Waals surface area contributed by atoms with Gasteiger partial charge in [-0.3, -0.25) is 4.90 Å². The number of hydrogen-bond donors (Lipinski definition) is 2. The van der Waals surface area contributed by atoms with Crippen molar-refractivity contribution < 1.29 is 5.11 Å². The van der Waals surface area contributed by atoms with E-state index in [1.54, 1.807) is 6.07 Å².